The molecule has 2 heterocycles. The SMILES string of the molecule is CCC(Oc1cc(O)c2c(c1)N1CCCCC1CC2=O)c1cccc(F)c1. The predicted octanol–water partition coefficient (Wildman–Crippen LogP) is 5.01. The van der Waals surface area contributed by atoms with Gasteiger partial charge >= 0.3 is 0 Å². The van der Waals surface area contributed by atoms with Crippen LogP contribution >= 0.6 is 0 Å². The van der Waals surface area contributed by atoms with Gasteiger partial charge in [-0.1, -0.05) is 19.1 Å². The fraction of sp³-hybridized carbons (Fsp3) is 0.409. The number of piperidine rings is 1. The van der Waals surface area contributed by atoms with E-state index in [0.29, 0.717) is 24.2 Å². The number of hydrogen-bond donors (Lipinski definition) is 1. The Balaban J connectivity index is 1.68. The number of phenolic OH excluding ortho intramolecular Hbond substituents is 1. The highest BCUT2D eigenvalue weighted by atomic mass is 19.1. The van der Waals surface area contributed by atoms with Crippen molar-refractivity contribution in [3.05, 3.63) is 53.3 Å². The van der Waals surface area contributed by atoms with Gasteiger partial charge in [0.1, 0.15) is 23.4 Å². The third kappa shape index (κ3) is 3.38. The molecule has 2 aliphatic rings. The zero-order valence-electron chi connectivity index (χ0n) is 15.5. The highest BCUT2D eigenvalue weighted by Crippen LogP contribution is 2.43. The molecule has 5 heteroatoms. The van der Waals surface area contributed by atoms with Crippen LogP contribution in [0.1, 0.15) is 61.1 Å². The lowest BCUT2D eigenvalue weighted by Crippen LogP contribution is -2.44. The number of ether oxygens (including phenoxy) is 1. The summed E-state index contributed by atoms with van der Waals surface area (Å²) in [6.45, 7) is 2.85. The molecule has 0 radical (unpaired) electrons. The van der Waals surface area contributed by atoms with Crippen molar-refractivity contribution in [1.82, 2.24) is 0 Å². The van der Waals surface area contributed by atoms with Crippen LogP contribution in [0.2, 0.25) is 0 Å². The van der Waals surface area contributed by atoms with E-state index in [1.165, 1.54) is 18.2 Å². The molecule has 4 rings (SSSR count). The van der Waals surface area contributed by atoms with Gasteiger partial charge in [0.2, 0.25) is 0 Å². The Bertz CT molecular complexity index is 867. The topological polar surface area (TPSA) is 49.8 Å². The molecule has 2 unspecified atom stereocenters. The summed E-state index contributed by atoms with van der Waals surface area (Å²) >= 11 is 0. The van der Waals surface area contributed by atoms with Crippen LogP contribution in [0.4, 0.5) is 10.1 Å². The minimum atomic E-state index is -0.324. The Morgan fingerprint density at radius 2 is 2.15 bits per heavy atom. The van der Waals surface area contributed by atoms with Crippen LogP contribution < -0.4 is 9.64 Å². The number of Topliss-reactive ketones (excluding diaryl/α,β-unsaturated/α-hetero) is 1. The average Bonchev–Trinajstić information content (AvgIpc) is 2.66. The molecule has 2 aromatic carbocycles. The molecule has 0 amide bonds. The van der Waals surface area contributed by atoms with Crippen molar-refractivity contribution in [2.75, 3.05) is 11.4 Å². The molecule has 0 aromatic heterocycles. The Morgan fingerprint density at radius 3 is 2.93 bits per heavy atom. The summed E-state index contributed by atoms with van der Waals surface area (Å²) in [4.78, 5) is 14.8. The van der Waals surface area contributed by atoms with E-state index >= 15 is 0 Å². The molecule has 2 aromatic rings. The Labute approximate surface area is 158 Å². The molecular formula is C22H24FNO3. The van der Waals surface area contributed by atoms with E-state index in [-0.39, 0.29) is 29.5 Å². The minimum Gasteiger partial charge on any atom is -0.507 e. The van der Waals surface area contributed by atoms with Crippen LogP contribution in [0.25, 0.3) is 0 Å². The number of rotatable bonds is 4. The van der Waals surface area contributed by atoms with Crippen molar-refractivity contribution < 1.29 is 19.0 Å². The Kier molecular flexibility index (Phi) is 4.77. The Morgan fingerprint density at radius 1 is 1.30 bits per heavy atom. The first kappa shape index (κ1) is 17.8. The van der Waals surface area contributed by atoms with Gasteiger partial charge in [0.25, 0.3) is 0 Å². The summed E-state index contributed by atoms with van der Waals surface area (Å²) in [5.74, 6) is 0.158. The molecule has 1 fully saturated rings. The first-order valence-corrected chi connectivity index (χ1v) is 9.65. The quantitative estimate of drug-likeness (QED) is 0.823. The number of carbonyl (C=O) groups is 1. The van der Waals surface area contributed by atoms with Crippen LogP contribution in [-0.2, 0) is 0 Å². The van der Waals surface area contributed by atoms with Gasteiger partial charge in [0.15, 0.2) is 5.78 Å². The lowest BCUT2D eigenvalue weighted by Gasteiger charge is -2.41. The maximum Gasteiger partial charge on any atom is 0.170 e. The summed E-state index contributed by atoms with van der Waals surface area (Å²) in [5.41, 5.74) is 1.92. The number of halogens is 1. The molecule has 1 saturated heterocycles. The number of hydrogen-bond acceptors (Lipinski definition) is 4. The molecular weight excluding hydrogens is 345 g/mol. The van der Waals surface area contributed by atoms with E-state index in [2.05, 4.69) is 4.90 Å². The number of aromatic hydroxyl groups is 1. The van der Waals surface area contributed by atoms with E-state index in [4.69, 9.17) is 4.74 Å². The van der Waals surface area contributed by atoms with E-state index in [1.807, 2.05) is 19.1 Å². The van der Waals surface area contributed by atoms with Crippen LogP contribution in [0.3, 0.4) is 0 Å². The zero-order valence-corrected chi connectivity index (χ0v) is 15.5. The largest absolute Gasteiger partial charge is 0.507 e. The van der Waals surface area contributed by atoms with Gasteiger partial charge in [-0.15, -0.1) is 0 Å². The number of benzene rings is 2. The third-order valence-electron chi connectivity index (χ3n) is 5.58. The van der Waals surface area contributed by atoms with Crippen LogP contribution in [-0.4, -0.2) is 23.5 Å². The molecule has 27 heavy (non-hydrogen) atoms. The molecule has 0 spiro atoms. The average molecular weight is 369 g/mol. The van der Waals surface area contributed by atoms with Gasteiger partial charge in [-0.05, 0) is 43.4 Å². The summed E-state index contributed by atoms with van der Waals surface area (Å²) in [5, 5.41) is 10.5. The number of nitrogens with zero attached hydrogens (tertiary/aromatic N) is 1. The fourth-order valence-electron chi connectivity index (χ4n) is 4.27. The lowest BCUT2D eigenvalue weighted by molar-refractivity contribution is 0.0958. The summed E-state index contributed by atoms with van der Waals surface area (Å²) in [6, 6.07) is 9.94. The molecule has 4 nitrogen and oxygen atoms in total. The van der Waals surface area contributed by atoms with Gasteiger partial charge in [-0.3, -0.25) is 4.79 Å². The third-order valence-corrected chi connectivity index (χ3v) is 5.58. The highest BCUT2D eigenvalue weighted by molar-refractivity contribution is 6.06. The standard InChI is InChI=1S/C22H24FNO3/c1-2-21(14-6-5-7-15(23)10-14)27-17-12-18-22(20(26)13-17)19(25)11-16-8-3-4-9-24(16)18/h5-7,10,12-13,16,21,26H,2-4,8-9,11H2,1H3. The predicted molar refractivity (Wildman–Crippen MR) is 102 cm³/mol. The van der Waals surface area contributed by atoms with Gasteiger partial charge in [-0.25, -0.2) is 4.39 Å². The van der Waals surface area contributed by atoms with Crippen molar-refractivity contribution in [2.45, 2.75) is 51.2 Å². The summed E-state index contributed by atoms with van der Waals surface area (Å²) < 4.78 is 19.7. The van der Waals surface area contributed by atoms with Crippen LogP contribution in [0.15, 0.2) is 36.4 Å². The van der Waals surface area contributed by atoms with Crippen molar-refractivity contribution >= 4 is 11.5 Å². The fourth-order valence-corrected chi connectivity index (χ4v) is 4.27. The number of carbonyl (C=O) groups excluding carboxylic acids is 1. The number of anilines is 1. The Hall–Kier alpha value is -2.56. The van der Waals surface area contributed by atoms with E-state index < -0.39 is 0 Å². The van der Waals surface area contributed by atoms with Crippen molar-refractivity contribution in [2.24, 2.45) is 0 Å². The number of phenols is 1. The van der Waals surface area contributed by atoms with Crippen molar-refractivity contribution in [1.29, 1.82) is 0 Å². The second kappa shape index (κ2) is 7.22. The summed E-state index contributed by atoms with van der Waals surface area (Å²) in [7, 11) is 0. The van der Waals surface area contributed by atoms with Crippen LogP contribution in [0.5, 0.6) is 11.5 Å². The van der Waals surface area contributed by atoms with Gasteiger partial charge < -0.3 is 14.7 Å². The van der Waals surface area contributed by atoms with Gasteiger partial charge in [0, 0.05) is 31.1 Å². The minimum absolute atomic E-state index is 0.00521. The smallest absolute Gasteiger partial charge is 0.170 e. The maximum atomic E-state index is 13.6. The maximum absolute atomic E-state index is 13.6. The molecule has 1 N–H and O–H groups in total. The first-order chi connectivity index (χ1) is 13.1. The molecule has 142 valence electrons. The summed E-state index contributed by atoms with van der Waals surface area (Å²) in [6.07, 6.45) is 4.00. The molecule has 0 saturated carbocycles. The molecule has 2 atom stereocenters. The van der Waals surface area contributed by atoms with E-state index in [9.17, 15) is 14.3 Å². The van der Waals surface area contributed by atoms with Crippen LogP contribution in [0, 0.1) is 5.82 Å². The van der Waals surface area contributed by atoms with Gasteiger partial charge in [-0.2, -0.15) is 0 Å². The number of ketones is 1. The first-order valence-electron chi connectivity index (χ1n) is 9.65. The second-order valence-electron chi connectivity index (χ2n) is 7.38. The molecule has 0 aliphatic carbocycles. The zero-order chi connectivity index (χ0) is 19.0. The highest BCUT2D eigenvalue weighted by Gasteiger charge is 2.35. The van der Waals surface area contributed by atoms with Crippen molar-refractivity contribution in [3.63, 3.8) is 0 Å². The van der Waals surface area contributed by atoms with Gasteiger partial charge in [0.05, 0.1) is 11.3 Å². The molecule has 2 aliphatic heterocycles. The van der Waals surface area contributed by atoms with Crippen molar-refractivity contribution in [3.8, 4) is 11.5 Å². The molecule has 0 bridgehead atoms. The lowest BCUT2D eigenvalue weighted by atomic mass is 9.88. The normalized spacial score (nSPS) is 20.0. The number of fused-ring (bicyclic) bond motifs is 3. The van der Waals surface area contributed by atoms with E-state index in [0.717, 1.165) is 37.1 Å². The monoisotopic (exact) mass is 369 g/mol. The second-order valence-corrected chi connectivity index (χ2v) is 7.38. The van der Waals surface area contributed by atoms with E-state index in [1.54, 1.807) is 6.07 Å².